The van der Waals surface area contributed by atoms with Crippen LogP contribution in [-0.2, 0) is 6.54 Å². The minimum atomic E-state index is -0.125. The maximum absolute atomic E-state index is 12.1. The fourth-order valence-corrected chi connectivity index (χ4v) is 2.87. The molecule has 19 heavy (non-hydrogen) atoms. The average Bonchev–Trinajstić information content (AvgIpc) is 2.39. The van der Waals surface area contributed by atoms with E-state index in [1.807, 2.05) is 0 Å². The van der Waals surface area contributed by atoms with Crippen LogP contribution in [0, 0.1) is 5.92 Å². The number of hydrogen-bond acceptors (Lipinski definition) is 4. The highest BCUT2D eigenvalue weighted by Gasteiger charge is 2.25. The number of anilines is 1. The summed E-state index contributed by atoms with van der Waals surface area (Å²) in [7, 11) is 0. The summed E-state index contributed by atoms with van der Waals surface area (Å²) in [5, 5.41) is 4.18. The fraction of sp³-hybridized carbons (Fsp3) is 0.538. The molecule has 2 atom stereocenters. The van der Waals surface area contributed by atoms with Crippen molar-refractivity contribution in [3.05, 3.63) is 33.7 Å². The van der Waals surface area contributed by atoms with Gasteiger partial charge in [0.2, 0.25) is 0 Å². The number of piperidine rings is 1. The standard InChI is InChI=1S/C13H19BrN4O/c1-3-5-18-13(19)12(14)11(7-16-18)17-6-4-10(15)9(2)8-17/h3,7,9-10H,1,4-6,8,15H2,2H3. The van der Waals surface area contributed by atoms with Gasteiger partial charge in [0, 0.05) is 19.1 Å². The SMILES string of the molecule is C=CCn1ncc(N2CCC(N)C(C)C2)c(Br)c1=O. The van der Waals surface area contributed by atoms with Crippen molar-refractivity contribution >= 4 is 21.6 Å². The van der Waals surface area contributed by atoms with Gasteiger partial charge in [0.25, 0.3) is 5.56 Å². The van der Waals surface area contributed by atoms with Gasteiger partial charge in [0.05, 0.1) is 18.4 Å². The Morgan fingerprint density at radius 1 is 1.68 bits per heavy atom. The molecule has 1 fully saturated rings. The zero-order valence-corrected chi connectivity index (χ0v) is 12.6. The van der Waals surface area contributed by atoms with Crippen molar-refractivity contribution < 1.29 is 0 Å². The monoisotopic (exact) mass is 326 g/mol. The van der Waals surface area contributed by atoms with Crippen molar-refractivity contribution in [1.29, 1.82) is 0 Å². The molecule has 1 saturated heterocycles. The molecule has 6 heteroatoms. The lowest BCUT2D eigenvalue weighted by Crippen LogP contribution is -2.46. The highest BCUT2D eigenvalue weighted by atomic mass is 79.9. The largest absolute Gasteiger partial charge is 0.369 e. The van der Waals surface area contributed by atoms with Gasteiger partial charge in [0.1, 0.15) is 4.47 Å². The second-order valence-electron chi connectivity index (χ2n) is 5.00. The molecule has 0 amide bonds. The molecule has 0 radical (unpaired) electrons. The van der Waals surface area contributed by atoms with E-state index >= 15 is 0 Å². The van der Waals surface area contributed by atoms with Crippen molar-refractivity contribution in [2.45, 2.75) is 25.9 Å². The van der Waals surface area contributed by atoms with E-state index in [2.05, 4.69) is 39.4 Å². The molecular weight excluding hydrogens is 308 g/mol. The minimum Gasteiger partial charge on any atom is -0.369 e. The summed E-state index contributed by atoms with van der Waals surface area (Å²) in [5.41, 5.74) is 6.75. The zero-order valence-electron chi connectivity index (χ0n) is 11.1. The van der Waals surface area contributed by atoms with Gasteiger partial charge in [-0.15, -0.1) is 6.58 Å². The van der Waals surface area contributed by atoms with Crippen LogP contribution in [0.25, 0.3) is 0 Å². The molecule has 1 aliphatic rings. The summed E-state index contributed by atoms with van der Waals surface area (Å²) in [4.78, 5) is 14.3. The van der Waals surface area contributed by atoms with Gasteiger partial charge in [-0.05, 0) is 28.3 Å². The third-order valence-electron chi connectivity index (χ3n) is 3.58. The first-order chi connectivity index (χ1) is 9.04. The number of nitrogens with zero attached hydrogens (tertiary/aromatic N) is 3. The van der Waals surface area contributed by atoms with Gasteiger partial charge in [-0.1, -0.05) is 13.0 Å². The smallest absolute Gasteiger partial charge is 0.283 e. The Balaban J connectivity index is 2.29. The summed E-state index contributed by atoms with van der Waals surface area (Å²) in [5.74, 6) is 0.413. The van der Waals surface area contributed by atoms with Gasteiger partial charge in [-0.3, -0.25) is 4.79 Å². The summed E-state index contributed by atoms with van der Waals surface area (Å²) < 4.78 is 1.95. The Kier molecular flexibility index (Phi) is 4.42. The van der Waals surface area contributed by atoms with Crippen LogP contribution in [0.2, 0.25) is 0 Å². The highest BCUT2D eigenvalue weighted by molar-refractivity contribution is 9.10. The number of aromatic nitrogens is 2. The number of halogens is 1. The number of nitrogens with two attached hydrogens (primary N) is 1. The van der Waals surface area contributed by atoms with E-state index < -0.39 is 0 Å². The average molecular weight is 327 g/mol. The second-order valence-corrected chi connectivity index (χ2v) is 5.79. The van der Waals surface area contributed by atoms with Crippen molar-refractivity contribution in [2.24, 2.45) is 11.7 Å². The third-order valence-corrected chi connectivity index (χ3v) is 4.33. The minimum absolute atomic E-state index is 0.125. The van der Waals surface area contributed by atoms with Gasteiger partial charge >= 0.3 is 0 Å². The van der Waals surface area contributed by atoms with E-state index in [0.29, 0.717) is 16.9 Å². The Labute approximate surface area is 121 Å². The number of allylic oxidation sites excluding steroid dienone is 1. The van der Waals surface area contributed by atoms with Crippen molar-refractivity contribution in [2.75, 3.05) is 18.0 Å². The molecule has 2 rings (SSSR count). The predicted octanol–water partition coefficient (Wildman–Crippen LogP) is 1.37. The summed E-state index contributed by atoms with van der Waals surface area (Å²) in [6, 6.07) is 0.240. The molecule has 2 heterocycles. The van der Waals surface area contributed by atoms with Crippen LogP contribution >= 0.6 is 15.9 Å². The lowest BCUT2D eigenvalue weighted by Gasteiger charge is -2.36. The summed E-state index contributed by atoms with van der Waals surface area (Å²) in [6.45, 7) is 7.88. The number of rotatable bonds is 3. The normalized spacial score (nSPS) is 23.4. The Bertz CT molecular complexity index is 528. The van der Waals surface area contributed by atoms with Gasteiger partial charge < -0.3 is 10.6 Å². The van der Waals surface area contributed by atoms with Crippen LogP contribution in [0.4, 0.5) is 5.69 Å². The fourth-order valence-electron chi connectivity index (χ4n) is 2.31. The quantitative estimate of drug-likeness (QED) is 0.852. The van der Waals surface area contributed by atoms with E-state index in [-0.39, 0.29) is 11.6 Å². The lowest BCUT2D eigenvalue weighted by atomic mass is 9.94. The Morgan fingerprint density at radius 3 is 3.05 bits per heavy atom. The lowest BCUT2D eigenvalue weighted by molar-refractivity contribution is 0.382. The van der Waals surface area contributed by atoms with Crippen molar-refractivity contribution in [3.63, 3.8) is 0 Å². The predicted molar refractivity (Wildman–Crippen MR) is 80.4 cm³/mol. The molecule has 0 saturated carbocycles. The Hall–Kier alpha value is -1.14. The van der Waals surface area contributed by atoms with Crippen molar-refractivity contribution in [1.82, 2.24) is 9.78 Å². The van der Waals surface area contributed by atoms with Crippen LogP contribution in [0.3, 0.4) is 0 Å². The third kappa shape index (κ3) is 2.90. The molecule has 104 valence electrons. The molecule has 0 aromatic carbocycles. The molecule has 2 N–H and O–H groups in total. The molecule has 0 bridgehead atoms. The zero-order chi connectivity index (χ0) is 14.0. The van der Waals surface area contributed by atoms with E-state index in [1.54, 1.807) is 12.3 Å². The van der Waals surface area contributed by atoms with Crippen molar-refractivity contribution in [3.8, 4) is 0 Å². The molecule has 1 aromatic rings. The highest BCUT2D eigenvalue weighted by Crippen LogP contribution is 2.26. The van der Waals surface area contributed by atoms with Crippen LogP contribution in [-0.4, -0.2) is 28.9 Å². The maximum Gasteiger partial charge on any atom is 0.283 e. The van der Waals surface area contributed by atoms with Gasteiger partial charge in [0.15, 0.2) is 0 Å². The van der Waals surface area contributed by atoms with E-state index in [9.17, 15) is 4.79 Å². The molecule has 2 unspecified atom stereocenters. The molecule has 0 aliphatic carbocycles. The second kappa shape index (κ2) is 5.88. The molecule has 0 spiro atoms. The summed E-state index contributed by atoms with van der Waals surface area (Å²) >= 11 is 3.39. The van der Waals surface area contributed by atoms with Crippen LogP contribution in [0.15, 0.2) is 28.1 Å². The first kappa shape index (κ1) is 14.3. The van der Waals surface area contributed by atoms with E-state index in [1.165, 1.54) is 4.68 Å². The first-order valence-corrected chi connectivity index (χ1v) is 7.21. The van der Waals surface area contributed by atoms with Crippen LogP contribution < -0.4 is 16.2 Å². The Morgan fingerprint density at radius 2 is 2.42 bits per heavy atom. The van der Waals surface area contributed by atoms with E-state index in [0.717, 1.165) is 25.2 Å². The maximum atomic E-state index is 12.1. The molecule has 5 nitrogen and oxygen atoms in total. The topological polar surface area (TPSA) is 64.2 Å². The van der Waals surface area contributed by atoms with Gasteiger partial charge in [-0.25, -0.2) is 4.68 Å². The van der Waals surface area contributed by atoms with E-state index in [4.69, 9.17) is 5.73 Å². The molecule has 1 aromatic heterocycles. The molecular formula is C13H19BrN4O. The number of hydrogen-bond donors (Lipinski definition) is 1. The first-order valence-electron chi connectivity index (χ1n) is 6.41. The van der Waals surface area contributed by atoms with Crippen LogP contribution in [0.5, 0.6) is 0 Å². The van der Waals surface area contributed by atoms with Gasteiger partial charge in [-0.2, -0.15) is 5.10 Å². The molecule has 1 aliphatic heterocycles. The summed E-state index contributed by atoms with van der Waals surface area (Å²) in [6.07, 6.45) is 4.32. The van der Waals surface area contributed by atoms with Crippen LogP contribution in [0.1, 0.15) is 13.3 Å².